The van der Waals surface area contributed by atoms with Gasteiger partial charge in [0, 0.05) is 0 Å². The number of hydrogen-bond donors (Lipinski definition) is 2. The molecule has 2 rings (SSSR count). The normalized spacial score (nSPS) is 13.9. The molecule has 0 aromatic heterocycles. The third kappa shape index (κ3) is 3.41. The van der Waals surface area contributed by atoms with Crippen LogP contribution in [0, 0.1) is 0 Å². The van der Waals surface area contributed by atoms with Crippen molar-refractivity contribution in [3.8, 4) is 5.75 Å². The van der Waals surface area contributed by atoms with Crippen molar-refractivity contribution in [3.05, 3.63) is 65.7 Å². The standard InChI is InChI=1S/C17H19NO3/c1-12(17(20)21)18(2)16(13-6-4-3-5-7-13)14-8-10-15(19)11-9-14/h3-12,16,19H,1-2H3,(H,20,21). The molecule has 0 saturated heterocycles. The smallest absolute Gasteiger partial charge is 0.320 e. The zero-order chi connectivity index (χ0) is 15.4. The molecule has 0 aliphatic heterocycles. The lowest BCUT2D eigenvalue weighted by atomic mass is 9.96. The Hall–Kier alpha value is -2.33. The number of aromatic hydroxyl groups is 1. The fourth-order valence-corrected chi connectivity index (χ4v) is 2.35. The Morgan fingerprint density at radius 2 is 1.52 bits per heavy atom. The number of carboxylic acid groups (broad SMARTS) is 1. The first-order chi connectivity index (χ1) is 10.0. The van der Waals surface area contributed by atoms with Crippen molar-refractivity contribution in [1.29, 1.82) is 0 Å². The van der Waals surface area contributed by atoms with Gasteiger partial charge in [0.25, 0.3) is 0 Å². The van der Waals surface area contributed by atoms with Crippen molar-refractivity contribution in [2.45, 2.75) is 19.0 Å². The number of aliphatic carboxylic acids is 1. The number of phenols is 1. The predicted octanol–water partition coefficient (Wildman–Crippen LogP) is 2.89. The van der Waals surface area contributed by atoms with Gasteiger partial charge in [-0.3, -0.25) is 9.69 Å². The molecule has 0 spiro atoms. The van der Waals surface area contributed by atoms with Gasteiger partial charge in [-0.2, -0.15) is 0 Å². The lowest BCUT2D eigenvalue weighted by Crippen LogP contribution is -2.39. The SMILES string of the molecule is CC(C(=O)O)N(C)C(c1ccccc1)c1ccc(O)cc1. The molecule has 2 aromatic rings. The van der Waals surface area contributed by atoms with E-state index in [9.17, 15) is 15.0 Å². The minimum Gasteiger partial charge on any atom is -0.508 e. The van der Waals surface area contributed by atoms with E-state index >= 15 is 0 Å². The summed E-state index contributed by atoms with van der Waals surface area (Å²) in [4.78, 5) is 13.1. The quantitative estimate of drug-likeness (QED) is 0.886. The lowest BCUT2D eigenvalue weighted by Gasteiger charge is -2.32. The van der Waals surface area contributed by atoms with E-state index in [1.807, 2.05) is 47.4 Å². The topological polar surface area (TPSA) is 60.8 Å². The zero-order valence-corrected chi connectivity index (χ0v) is 12.1. The maximum atomic E-state index is 11.3. The van der Waals surface area contributed by atoms with Gasteiger partial charge in [0.2, 0.25) is 0 Å². The Balaban J connectivity index is 2.44. The molecule has 0 aliphatic carbocycles. The van der Waals surface area contributed by atoms with Crippen LogP contribution in [0.15, 0.2) is 54.6 Å². The van der Waals surface area contributed by atoms with Gasteiger partial charge in [-0.25, -0.2) is 0 Å². The zero-order valence-electron chi connectivity index (χ0n) is 12.1. The number of phenolic OH excluding ortho intramolecular Hbond substituents is 1. The predicted molar refractivity (Wildman–Crippen MR) is 81.3 cm³/mol. The third-order valence-corrected chi connectivity index (χ3v) is 3.70. The fourth-order valence-electron chi connectivity index (χ4n) is 2.35. The molecule has 2 N–H and O–H groups in total. The molecule has 0 amide bonds. The van der Waals surface area contributed by atoms with Gasteiger partial charge in [-0.1, -0.05) is 42.5 Å². The van der Waals surface area contributed by atoms with Crippen LogP contribution in [-0.4, -0.2) is 34.2 Å². The second kappa shape index (κ2) is 6.41. The van der Waals surface area contributed by atoms with Crippen molar-refractivity contribution in [2.24, 2.45) is 0 Å². The van der Waals surface area contributed by atoms with Crippen molar-refractivity contribution >= 4 is 5.97 Å². The molecule has 21 heavy (non-hydrogen) atoms. The van der Waals surface area contributed by atoms with Crippen LogP contribution < -0.4 is 0 Å². The monoisotopic (exact) mass is 285 g/mol. The Morgan fingerprint density at radius 3 is 2.05 bits per heavy atom. The molecule has 0 heterocycles. The van der Waals surface area contributed by atoms with Crippen molar-refractivity contribution < 1.29 is 15.0 Å². The van der Waals surface area contributed by atoms with Gasteiger partial charge in [-0.05, 0) is 37.2 Å². The van der Waals surface area contributed by atoms with Crippen LogP contribution in [-0.2, 0) is 4.79 Å². The van der Waals surface area contributed by atoms with E-state index in [1.165, 1.54) is 0 Å². The summed E-state index contributed by atoms with van der Waals surface area (Å²) in [5, 5.41) is 18.7. The largest absolute Gasteiger partial charge is 0.508 e. The molecule has 0 radical (unpaired) electrons. The van der Waals surface area contributed by atoms with Crippen LogP contribution in [0.1, 0.15) is 24.1 Å². The maximum Gasteiger partial charge on any atom is 0.320 e. The minimum absolute atomic E-state index is 0.183. The summed E-state index contributed by atoms with van der Waals surface area (Å²) in [6, 6.07) is 15.8. The first-order valence-electron chi connectivity index (χ1n) is 6.79. The summed E-state index contributed by atoms with van der Waals surface area (Å²) in [5.74, 6) is -0.670. The summed E-state index contributed by atoms with van der Waals surface area (Å²) >= 11 is 0. The Bertz CT molecular complexity index is 595. The number of benzene rings is 2. The van der Waals surface area contributed by atoms with Crippen LogP contribution in [0.2, 0.25) is 0 Å². The van der Waals surface area contributed by atoms with Crippen molar-refractivity contribution in [3.63, 3.8) is 0 Å². The summed E-state index contributed by atoms with van der Waals surface area (Å²) in [7, 11) is 1.79. The van der Waals surface area contributed by atoms with Crippen LogP contribution in [0.25, 0.3) is 0 Å². The van der Waals surface area contributed by atoms with E-state index in [0.717, 1.165) is 11.1 Å². The number of nitrogens with zero attached hydrogens (tertiary/aromatic N) is 1. The number of carboxylic acids is 1. The van der Waals surface area contributed by atoms with E-state index in [0.29, 0.717) is 0 Å². The first kappa shape index (κ1) is 15.1. The van der Waals surface area contributed by atoms with E-state index < -0.39 is 12.0 Å². The highest BCUT2D eigenvalue weighted by Gasteiger charge is 2.26. The number of rotatable bonds is 5. The van der Waals surface area contributed by atoms with E-state index in [-0.39, 0.29) is 11.8 Å². The molecule has 4 nitrogen and oxygen atoms in total. The molecule has 110 valence electrons. The highest BCUT2D eigenvalue weighted by molar-refractivity contribution is 5.73. The van der Waals surface area contributed by atoms with E-state index in [2.05, 4.69) is 0 Å². The molecule has 4 heteroatoms. The van der Waals surface area contributed by atoms with Gasteiger partial charge in [-0.15, -0.1) is 0 Å². The Labute approximate surface area is 124 Å². The second-order valence-corrected chi connectivity index (χ2v) is 5.08. The summed E-state index contributed by atoms with van der Waals surface area (Å²) < 4.78 is 0. The fraction of sp³-hybridized carbons (Fsp3) is 0.235. The van der Waals surface area contributed by atoms with Gasteiger partial charge in [0.05, 0.1) is 6.04 Å². The van der Waals surface area contributed by atoms with Crippen LogP contribution in [0.5, 0.6) is 5.75 Å². The third-order valence-electron chi connectivity index (χ3n) is 3.70. The maximum absolute atomic E-state index is 11.3. The Kier molecular flexibility index (Phi) is 4.60. The van der Waals surface area contributed by atoms with Crippen molar-refractivity contribution in [1.82, 2.24) is 4.90 Å². The molecular weight excluding hydrogens is 266 g/mol. The van der Waals surface area contributed by atoms with E-state index in [4.69, 9.17) is 0 Å². The second-order valence-electron chi connectivity index (χ2n) is 5.08. The molecule has 2 atom stereocenters. The summed E-state index contributed by atoms with van der Waals surface area (Å²) in [6.45, 7) is 1.67. The van der Waals surface area contributed by atoms with E-state index in [1.54, 1.807) is 26.1 Å². The number of likely N-dealkylation sites (N-methyl/N-ethyl adjacent to an activating group) is 1. The van der Waals surface area contributed by atoms with Gasteiger partial charge in [0.15, 0.2) is 0 Å². The highest BCUT2D eigenvalue weighted by Crippen LogP contribution is 2.30. The minimum atomic E-state index is -0.864. The summed E-state index contributed by atoms with van der Waals surface area (Å²) in [6.07, 6.45) is 0. The Morgan fingerprint density at radius 1 is 1.00 bits per heavy atom. The molecule has 2 aromatic carbocycles. The lowest BCUT2D eigenvalue weighted by molar-refractivity contribution is -0.142. The number of carbonyl (C=O) groups is 1. The molecule has 0 aliphatic rings. The van der Waals surface area contributed by atoms with Crippen LogP contribution in [0.4, 0.5) is 0 Å². The van der Waals surface area contributed by atoms with Crippen LogP contribution in [0.3, 0.4) is 0 Å². The molecule has 2 unspecified atom stereocenters. The molecule has 0 saturated carbocycles. The number of hydrogen-bond acceptors (Lipinski definition) is 3. The highest BCUT2D eigenvalue weighted by atomic mass is 16.4. The first-order valence-corrected chi connectivity index (χ1v) is 6.79. The summed E-state index contributed by atoms with van der Waals surface area (Å²) in [5.41, 5.74) is 1.95. The van der Waals surface area contributed by atoms with Gasteiger partial charge >= 0.3 is 5.97 Å². The molecule has 0 bridgehead atoms. The molecule has 0 fully saturated rings. The van der Waals surface area contributed by atoms with Gasteiger partial charge < -0.3 is 10.2 Å². The van der Waals surface area contributed by atoms with Crippen LogP contribution >= 0.6 is 0 Å². The van der Waals surface area contributed by atoms with Gasteiger partial charge in [0.1, 0.15) is 11.8 Å². The average Bonchev–Trinajstić information content (AvgIpc) is 2.49. The average molecular weight is 285 g/mol. The van der Waals surface area contributed by atoms with Crippen molar-refractivity contribution in [2.75, 3.05) is 7.05 Å². The molecular formula is C17H19NO3.